The number of methoxy groups -OCH3 is 1. The number of ether oxygens (including phenoxy) is 2. The van der Waals surface area contributed by atoms with Gasteiger partial charge in [0.1, 0.15) is 18.3 Å². The van der Waals surface area contributed by atoms with Gasteiger partial charge in [-0.25, -0.2) is 0 Å². The summed E-state index contributed by atoms with van der Waals surface area (Å²) in [6.45, 7) is 3.40. The number of hydrogen-bond donors (Lipinski definition) is 2. The second-order valence-electron chi connectivity index (χ2n) is 3.11. The van der Waals surface area contributed by atoms with E-state index in [1.54, 1.807) is 6.08 Å². The van der Waals surface area contributed by atoms with Crippen LogP contribution in [0.15, 0.2) is 12.7 Å². The first-order valence-electron chi connectivity index (χ1n) is 4.32. The molecule has 13 heavy (non-hydrogen) atoms. The van der Waals surface area contributed by atoms with Crippen molar-refractivity contribution >= 4 is 0 Å². The molecule has 76 valence electrons. The summed E-state index contributed by atoms with van der Waals surface area (Å²) < 4.78 is 10.5. The largest absolute Gasteiger partial charge is 0.394 e. The molecule has 4 nitrogen and oxygen atoms in total. The van der Waals surface area contributed by atoms with E-state index in [2.05, 4.69) is 6.58 Å². The van der Waals surface area contributed by atoms with Crippen LogP contribution in [0.1, 0.15) is 6.42 Å². The molecule has 1 unspecified atom stereocenters. The van der Waals surface area contributed by atoms with Crippen LogP contribution in [0, 0.1) is 0 Å². The van der Waals surface area contributed by atoms with Crippen LogP contribution in [0.2, 0.25) is 0 Å². The SMILES string of the molecule is C=CCC1O[C@@H](CO)[C@H](O)[C@H]1OC. The van der Waals surface area contributed by atoms with Crippen molar-refractivity contribution in [3.8, 4) is 0 Å². The van der Waals surface area contributed by atoms with Gasteiger partial charge in [0.05, 0.1) is 12.7 Å². The minimum atomic E-state index is -0.750. The Balaban J connectivity index is 2.60. The van der Waals surface area contributed by atoms with Gasteiger partial charge >= 0.3 is 0 Å². The van der Waals surface area contributed by atoms with Gasteiger partial charge in [0.15, 0.2) is 0 Å². The van der Waals surface area contributed by atoms with Crippen molar-refractivity contribution < 1.29 is 19.7 Å². The molecule has 4 atom stereocenters. The first-order valence-corrected chi connectivity index (χ1v) is 4.32. The highest BCUT2D eigenvalue weighted by Gasteiger charge is 2.42. The third-order valence-electron chi connectivity index (χ3n) is 2.28. The lowest BCUT2D eigenvalue weighted by Gasteiger charge is -2.16. The predicted molar refractivity (Wildman–Crippen MR) is 47.4 cm³/mol. The molecule has 0 aromatic carbocycles. The first-order chi connectivity index (χ1) is 6.24. The maximum Gasteiger partial charge on any atom is 0.112 e. The van der Waals surface area contributed by atoms with Crippen molar-refractivity contribution in [2.24, 2.45) is 0 Å². The zero-order chi connectivity index (χ0) is 9.84. The number of rotatable bonds is 4. The van der Waals surface area contributed by atoms with Crippen LogP contribution in [-0.4, -0.2) is 48.3 Å². The van der Waals surface area contributed by atoms with E-state index in [1.807, 2.05) is 0 Å². The Bertz CT molecular complexity index is 171. The summed E-state index contributed by atoms with van der Waals surface area (Å²) in [7, 11) is 1.52. The Labute approximate surface area is 77.8 Å². The van der Waals surface area contributed by atoms with E-state index < -0.39 is 12.2 Å². The van der Waals surface area contributed by atoms with Crippen molar-refractivity contribution in [1.82, 2.24) is 0 Å². The van der Waals surface area contributed by atoms with Gasteiger partial charge in [0, 0.05) is 7.11 Å². The molecule has 0 radical (unpaired) electrons. The fourth-order valence-electron chi connectivity index (χ4n) is 1.61. The predicted octanol–water partition coefficient (Wildman–Crippen LogP) is -0.302. The molecule has 1 fully saturated rings. The molecule has 1 rings (SSSR count). The zero-order valence-electron chi connectivity index (χ0n) is 7.72. The fraction of sp³-hybridized carbons (Fsp3) is 0.778. The molecule has 0 spiro atoms. The molecule has 0 aromatic heterocycles. The van der Waals surface area contributed by atoms with Gasteiger partial charge in [0.2, 0.25) is 0 Å². The van der Waals surface area contributed by atoms with Crippen LogP contribution in [-0.2, 0) is 9.47 Å². The van der Waals surface area contributed by atoms with E-state index in [9.17, 15) is 5.11 Å². The van der Waals surface area contributed by atoms with E-state index in [4.69, 9.17) is 14.6 Å². The van der Waals surface area contributed by atoms with Gasteiger partial charge < -0.3 is 19.7 Å². The normalized spacial score (nSPS) is 39.3. The van der Waals surface area contributed by atoms with Crippen LogP contribution < -0.4 is 0 Å². The summed E-state index contributed by atoms with van der Waals surface area (Å²) in [6.07, 6.45) is 0.481. The summed E-state index contributed by atoms with van der Waals surface area (Å²) in [5, 5.41) is 18.5. The Kier molecular flexibility index (Phi) is 3.87. The van der Waals surface area contributed by atoms with E-state index in [0.717, 1.165) is 0 Å². The second-order valence-corrected chi connectivity index (χ2v) is 3.11. The standard InChI is InChI=1S/C9H16O4/c1-3-4-6-9(12-2)8(11)7(5-10)13-6/h3,6-11H,1,4-5H2,2H3/t6?,7-,8-,9-/m0/s1. The van der Waals surface area contributed by atoms with E-state index in [-0.39, 0.29) is 18.8 Å². The molecule has 2 N–H and O–H groups in total. The number of aliphatic hydroxyl groups is 2. The van der Waals surface area contributed by atoms with Crippen molar-refractivity contribution in [3.05, 3.63) is 12.7 Å². The highest BCUT2D eigenvalue weighted by molar-refractivity contribution is 4.94. The van der Waals surface area contributed by atoms with Crippen LogP contribution in [0.25, 0.3) is 0 Å². The first kappa shape index (κ1) is 10.7. The lowest BCUT2D eigenvalue weighted by molar-refractivity contribution is -0.0210. The van der Waals surface area contributed by atoms with Crippen molar-refractivity contribution in [2.45, 2.75) is 30.8 Å². The zero-order valence-corrected chi connectivity index (χ0v) is 7.72. The van der Waals surface area contributed by atoms with Crippen LogP contribution in [0.3, 0.4) is 0 Å². The lowest BCUT2D eigenvalue weighted by atomic mass is 10.1. The minimum absolute atomic E-state index is 0.186. The molecule has 0 saturated carbocycles. The van der Waals surface area contributed by atoms with Crippen LogP contribution in [0.4, 0.5) is 0 Å². The highest BCUT2D eigenvalue weighted by Crippen LogP contribution is 2.25. The summed E-state index contributed by atoms with van der Waals surface area (Å²) in [6, 6.07) is 0. The van der Waals surface area contributed by atoms with Gasteiger partial charge in [-0.2, -0.15) is 0 Å². The second kappa shape index (κ2) is 4.72. The summed E-state index contributed by atoms with van der Waals surface area (Å²) >= 11 is 0. The van der Waals surface area contributed by atoms with Crippen molar-refractivity contribution in [1.29, 1.82) is 0 Å². The quantitative estimate of drug-likeness (QED) is 0.595. The fourth-order valence-corrected chi connectivity index (χ4v) is 1.61. The van der Waals surface area contributed by atoms with Gasteiger partial charge in [-0.05, 0) is 6.42 Å². The summed E-state index contributed by atoms with van der Waals surface area (Å²) in [5.74, 6) is 0. The molecule has 1 aliphatic rings. The van der Waals surface area contributed by atoms with Crippen molar-refractivity contribution in [2.75, 3.05) is 13.7 Å². The smallest absolute Gasteiger partial charge is 0.112 e. The van der Waals surface area contributed by atoms with Gasteiger partial charge in [-0.15, -0.1) is 6.58 Å². The summed E-state index contributed by atoms with van der Waals surface area (Å²) in [4.78, 5) is 0. The lowest BCUT2D eigenvalue weighted by Crippen LogP contribution is -2.35. The van der Waals surface area contributed by atoms with Gasteiger partial charge in [-0.1, -0.05) is 6.08 Å². The number of aliphatic hydroxyl groups excluding tert-OH is 2. The molecule has 1 saturated heterocycles. The number of hydrogen-bond acceptors (Lipinski definition) is 4. The third kappa shape index (κ3) is 2.08. The Morgan fingerprint density at radius 3 is 2.69 bits per heavy atom. The highest BCUT2D eigenvalue weighted by atomic mass is 16.6. The van der Waals surface area contributed by atoms with E-state index in [1.165, 1.54) is 7.11 Å². The monoisotopic (exact) mass is 188 g/mol. The average Bonchev–Trinajstić information content (AvgIpc) is 2.43. The van der Waals surface area contributed by atoms with Crippen molar-refractivity contribution in [3.63, 3.8) is 0 Å². The molecule has 1 heterocycles. The average molecular weight is 188 g/mol. The van der Waals surface area contributed by atoms with Gasteiger partial charge in [0.25, 0.3) is 0 Å². The van der Waals surface area contributed by atoms with Gasteiger partial charge in [-0.3, -0.25) is 0 Å². The topological polar surface area (TPSA) is 58.9 Å². The Hall–Kier alpha value is -0.420. The molecular weight excluding hydrogens is 172 g/mol. The minimum Gasteiger partial charge on any atom is -0.394 e. The Morgan fingerprint density at radius 1 is 1.54 bits per heavy atom. The third-order valence-corrected chi connectivity index (χ3v) is 2.28. The molecule has 0 aliphatic carbocycles. The molecule has 0 aromatic rings. The van der Waals surface area contributed by atoms with Crippen LogP contribution in [0.5, 0.6) is 0 Å². The maximum absolute atomic E-state index is 9.60. The molecular formula is C9H16O4. The van der Waals surface area contributed by atoms with Crippen LogP contribution >= 0.6 is 0 Å². The van der Waals surface area contributed by atoms with E-state index in [0.29, 0.717) is 6.42 Å². The Morgan fingerprint density at radius 2 is 2.23 bits per heavy atom. The summed E-state index contributed by atoms with van der Waals surface area (Å²) in [5.41, 5.74) is 0. The van der Waals surface area contributed by atoms with E-state index >= 15 is 0 Å². The molecule has 0 amide bonds. The molecule has 1 aliphatic heterocycles. The maximum atomic E-state index is 9.60. The molecule has 0 bridgehead atoms. The molecule has 4 heteroatoms.